The number of rotatable bonds is 4. The van der Waals surface area contributed by atoms with Gasteiger partial charge in [0, 0.05) is 36.7 Å². The molecule has 2 atom stereocenters. The van der Waals surface area contributed by atoms with Gasteiger partial charge in [-0.25, -0.2) is 4.98 Å². The SMILES string of the molecule is CCc1nc2ccc(C(=O)N3C4CCC3CC(Oc3cccnc3)C4)cc2s1. The summed E-state index contributed by atoms with van der Waals surface area (Å²) in [6.45, 7) is 2.11. The number of carbonyl (C=O) groups excluding carboxylic acids is 1. The zero-order valence-corrected chi connectivity index (χ0v) is 16.7. The van der Waals surface area contributed by atoms with Crippen LogP contribution in [0.4, 0.5) is 0 Å². The summed E-state index contributed by atoms with van der Waals surface area (Å²) in [5, 5.41) is 1.12. The van der Waals surface area contributed by atoms with Crippen LogP contribution in [0.15, 0.2) is 42.7 Å². The van der Waals surface area contributed by atoms with Gasteiger partial charge >= 0.3 is 0 Å². The van der Waals surface area contributed by atoms with Gasteiger partial charge in [0.25, 0.3) is 5.91 Å². The minimum atomic E-state index is 0.153. The zero-order chi connectivity index (χ0) is 19.1. The van der Waals surface area contributed by atoms with Crippen molar-refractivity contribution in [2.75, 3.05) is 0 Å². The molecule has 5 rings (SSSR count). The number of piperidine rings is 1. The number of aromatic nitrogens is 2. The van der Waals surface area contributed by atoms with Crippen LogP contribution in [0.2, 0.25) is 0 Å². The van der Waals surface area contributed by atoms with Gasteiger partial charge in [0.1, 0.15) is 11.9 Å². The quantitative estimate of drug-likeness (QED) is 0.656. The Kier molecular flexibility index (Phi) is 4.51. The van der Waals surface area contributed by atoms with Crippen LogP contribution in [-0.4, -0.2) is 39.0 Å². The highest BCUT2D eigenvalue weighted by molar-refractivity contribution is 7.18. The van der Waals surface area contributed by atoms with Crippen molar-refractivity contribution in [1.29, 1.82) is 0 Å². The Bertz CT molecular complexity index is 989. The molecular weight excluding hydrogens is 370 g/mol. The number of benzene rings is 1. The fraction of sp³-hybridized carbons (Fsp3) is 0.409. The molecule has 0 saturated carbocycles. The van der Waals surface area contributed by atoms with Crippen LogP contribution >= 0.6 is 11.3 Å². The monoisotopic (exact) mass is 393 g/mol. The molecule has 3 aromatic rings. The number of fused-ring (bicyclic) bond motifs is 3. The molecule has 0 aliphatic carbocycles. The van der Waals surface area contributed by atoms with Gasteiger partial charge in [0.05, 0.1) is 21.4 Å². The Morgan fingerprint density at radius 3 is 2.79 bits per heavy atom. The number of hydrogen-bond donors (Lipinski definition) is 0. The van der Waals surface area contributed by atoms with Crippen molar-refractivity contribution in [1.82, 2.24) is 14.9 Å². The number of thiazole rings is 1. The lowest BCUT2D eigenvalue weighted by molar-refractivity contribution is 0.0358. The van der Waals surface area contributed by atoms with Gasteiger partial charge < -0.3 is 9.64 Å². The Morgan fingerprint density at radius 2 is 2.07 bits per heavy atom. The van der Waals surface area contributed by atoms with Crippen molar-refractivity contribution < 1.29 is 9.53 Å². The van der Waals surface area contributed by atoms with E-state index >= 15 is 0 Å². The topological polar surface area (TPSA) is 55.3 Å². The number of ether oxygens (including phenoxy) is 1. The maximum atomic E-state index is 13.3. The van der Waals surface area contributed by atoms with Gasteiger partial charge in [0.2, 0.25) is 0 Å². The predicted octanol–water partition coefficient (Wildman–Crippen LogP) is 4.47. The van der Waals surface area contributed by atoms with Gasteiger partial charge in [0.15, 0.2) is 0 Å². The molecule has 144 valence electrons. The average Bonchev–Trinajstić information content (AvgIpc) is 3.25. The molecule has 2 aromatic heterocycles. The second-order valence-corrected chi connectivity index (χ2v) is 8.76. The Morgan fingerprint density at radius 1 is 1.25 bits per heavy atom. The molecular formula is C22H23N3O2S. The normalized spacial score (nSPS) is 23.9. The summed E-state index contributed by atoms with van der Waals surface area (Å²) < 4.78 is 7.24. The highest BCUT2D eigenvalue weighted by Crippen LogP contribution is 2.38. The molecule has 28 heavy (non-hydrogen) atoms. The lowest BCUT2D eigenvalue weighted by Crippen LogP contribution is -2.49. The van der Waals surface area contributed by atoms with E-state index < -0.39 is 0 Å². The summed E-state index contributed by atoms with van der Waals surface area (Å²) in [7, 11) is 0. The van der Waals surface area contributed by atoms with Crippen molar-refractivity contribution in [2.45, 2.75) is 57.2 Å². The lowest BCUT2D eigenvalue weighted by Gasteiger charge is -2.39. The van der Waals surface area contributed by atoms with Crippen LogP contribution in [0, 0.1) is 0 Å². The zero-order valence-electron chi connectivity index (χ0n) is 15.9. The standard InChI is InChI=1S/C22H23N3O2S/c1-2-21-24-19-8-5-14(10-20(19)28-21)22(26)25-15-6-7-16(25)12-18(11-15)27-17-4-3-9-23-13-17/h3-5,8-10,13,15-16,18H,2,6-7,11-12H2,1H3. The van der Waals surface area contributed by atoms with Crippen molar-refractivity contribution in [3.05, 3.63) is 53.3 Å². The molecule has 4 heterocycles. The van der Waals surface area contributed by atoms with Crippen molar-refractivity contribution >= 4 is 27.5 Å². The molecule has 2 aliphatic rings. The first-order chi connectivity index (χ1) is 13.7. The van der Waals surface area contributed by atoms with Gasteiger partial charge in [-0.2, -0.15) is 0 Å². The van der Waals surface area contributed by atoms with Gasteiger partial charge in [-0.1, -0.05) is 6.92 Å². The van der Waals surface area contributed by atoms with Crippen LogP contribution < -0.4 is 4.74 Å². The van der Waals surface area contributed by atoms with Crippen LogP contribution in [0.5, 0.6) is 5.75 Å². The highest BCUT2D eigenvalue weighted by Gasteiger charge is 2.44. The summed E-state index contributed by atoms with van der Waals surface area (Å²) in [4.78, 5) is 24.2. The van der Waals surface area contributed by atoms with E-state index in [4.69, 9.17) is 4.74 Å². The molecule has 2 unspecified atom stereocenters. The number of nitrogens with zero attached hydrogens (tertiary/aromatic N) is 3. The number of aryl methyl sites for hydroxylation is 1. The lowest BCUT2D eigenvalue weighted by atomic mass is 9.98. The number of carbonyl (C=O) groups is 1. The van der Waals surface area contributed by atoms with Crippen molar-refractivity contribution in [3.8, 4) is 5.75 Å². The van der Waals surface area contributed by atoms with E-state index in [1.165, 1.54) is 0 Å². The first-order valence-electron chi connectivity index (χ1n) is 10.00. The minimum Gasteiger partial charge on any atom is -0.489 e. The van der Waals surface area contributed by atoms with Gasteiger partial charge in [-0.15, -0.1) is 11.3 Å². The molecule has 6 heteroatoms. The summed E-state index contributed by atoms with van der Waals surface area (Å²) in [6.07, 6.45) is 8.49. The molecule has 1 aromatic carbocycles. The summed E-state index contributed by atoms with van der Waals surface area (Å²) in [5.41, 5.74) is 1.77. The van der Waals surface area contributed by atoms with E-state index in [1.807, 2.05) is 30.3 Å². The summed E-state index contributed by atoms with van der Waals surface area (Å²) in [5.74, 6) is 0.967. The highest BCUT2D eigenvalue weighted by atomic mass is 32.1. The molecule has 0 radical (unpaired) electrons. The third kappa shape index (κ3) is 3.15. The maximum absolute atomic E-state index is 13.3. The first kappa shape index (κ1) is 17.6. The average molecular weight is 394 g/mol. The molecule has 1 amide bonds. The first-order valence-corrected chi connectivity index (χ1v) is 10.8. The van der Waals surface area contributed by atoms with Crippen LogP contribution in [0.1, 0.15) is 48.0 Å². The van der Waals surface area contributed by atoms with Crippen LogP contribution in [-0.2, 0) is 6.42 Å². The Balaban J connectivity index is 1.34. The summed E-state index contributed by atoms with van der Waals surface area (Å²) >= 11 is 1.69. The fourth-order valence-corrected chi connectivity index (χ4v) is 5.52. The third-order valence-electron chi connectivity index (χ3n) is 5.84. The molecule has 5 nitrogen and oxygen atoms in total. The molecule has 2 aliphatic heterocycles. The van der Waals surface area contributed by atoms with Crippen LogP contribution in [0.3, 0.4) is 0 Å². The Labute approximate surface area is 168 Å². The minimum absolute atomic E-state index is 0.153. The number of amides is 1. The van der Waals surface area contributed by atoms with E-state index in [9.17, 15) is 4.79 Å². The number of hydrogen-bond acceptors (Lipinski definition) is 5. The van der Waals surface area contributed by atoms with E-state index in [0.29, 0.717) is 0 Å². The van der Waals surface area contributed by atoms with Crippen LogP contribution in [0.25, 0.3) is 10.2 Å². The molecule has 0 spiro atoms. The van der Waals surface area contributed by atoms with Crippen molar-refractivity contribution in [3.63, 3.8) is 0 Å². The van der Waals surface area contributed by atoms with E-state index in [1.54, 1.807) is 23.7 Å². The van der Waals surface area contributed by atoms with Gasteiger partial charge in [-0.05, 0) is 49.6 Å². The molecule has 0 N–H and O–H groups in total. The van der Waals surface area contributed by atoms with Gasteiger partial charge in [-0.3, -0.25) is 9.78 Å². The largest absolute Gasteiger partial charge is 0.489 e. The summed E-state index contributed by atoms with van der Waals surface area (Å²) in [6, 6.07) is 10.3. The number of pyridine rings is 1. The third-order valence-corrected chi connectivity index (χ3v) is 7.01. The fourth-order valence-electron chi connectivity index (χ4n) is 4.57. The Hall–Kier alpha value is -2.47. The van der Waals surface area contributed by atoms with E-state index in [0.717, 1.165) is 58.6 Å². The predicted molar refractivity (Wildman–Crippen MR) is 110 cm³/mol. The molecule has 2 fully saturated rings. The van der Waals surface area contributed by atoms with Crippen molar-refractivity contribution in [2.24, 2.45) is 0 Å². The smallest absolute Gasteiger partial charge is 0.254 e. The van der Waals surface area contributed by atoms with E-state index in [2.05, 4.69) is 21.8 Å². The maximum Gasteiger partial charge on any atom is 0.254 e. The van der Waals surface area contributed by atoms with E-state index in [-0.39, 0.29) is 24.1 Å². The molecule has 2 saturated heterocycles. The second-order valence-electron chi connectivity index (χ2n) is 7.64. The second kappa shape index (κ2) is 7.17. The molecule has 2 bridgehead atoms.